The molecule has 6 heteroatoms. The molecule has 3 rings (SSSR count). The van der Waals surface area contributed by atoms with E-state index >= 15 is 0 Å². The van der Waals surface area contributed by atoms with E-state index in [0.29, 0.717) is 24.7 Å². The van der Waals surface area contributed by atoms with Gasteiger partial charge in [-0.15, -0.1) is 15.0 Å². The van der Waals surface area contributed by atoms with Gasteiger partial charge < -0.3 is 14.6 Å². The largest absolute Gasteiger partial charge is 0.505 e. The van der Waals surface area contributed by atoms with E-state index in [9.17, 15) is 5.11 Å². The Morgan fingerprint density at radius 3 is 2.12 bits per heavy atom. The number of phenols is 1. The number of rotatable bonds is 9. The second kappa shape index (κ2) is 8.56. The minimum Gasteiger partial charge on any atom is -0.505 e. The third-order valence-corrected chi connectivity index (χ3v) is 4.05. The van der Waals surface area contributed by atoms with Gasteiger partial charge in [0.05, 0.1) is 13.2 Å². The molecular formula is C20H25N3O3. The Hall–Kier alpha value is -2.76. The number of unbranched alkanes of at least 4 members (excludes halogenated alkanes) is 2. The van der Waals surface area contributed by atoms with E-state index in [2.05, 4.69) is 24.0 Å². The Labute approximate surface area is 153 Å². The molecule has 0 bridgehead atoms. The number of benzene rings is 2. The molecule has 0 fully saturated rings. The minimum absolute atomic E-state index is 0.0822. The molecule has 6 nitrogen and oxygen atoms in total. The second-order valence-electron chi connectivity index (χ2n) is 6.19. The van der Waals surface area contributed by atoms with Crippen LogP contribution in [0.3, 0.4) is 0 Å². The van der Waals surface area contributed by atoms with Crippen molar-refractivity contribution < 1.29 is 14.6 Å². The first-order chi connectivity index (χ1) is 12.7. The average Bonchev–Trinajstić information content (AvgIpc) is 3.05. The fourth-order valence-electron chi connectivity index (χ4n) is 2.52. The van der Waals surface area contributed by atoms with Crippen molar-refractivity contribution in [1.82, 2.24) is 15.0 Å². The van der Waals surface area contributed by atoms with E-state index < -0.39 is 0 Å². The summed E-state index contributed by atoms with van der Waals surface area (Å²) in [7, 11) is 0. The first kappa shape index (κ1) is 18.0. The summed E-state index contributed by atoms with van der Waals surface area (Å²) >= 11 is 0. The summed E-state index contributed by atoms with van der Waals surface area (Å²) in [6.07, 6.45) is 4.16. The highest BCUT2D eigenvalue weighted by molar-refractivity contribution is 5.75. The van der Waals surface area contributed by atoms with Gasteiger partial charge in [0.15, 0.2) is 0 Å². The standard InChI is InChI=1S/C20H25N3O3/c1-3-5-11-25-15-7-9-17-18(13-15)22-23(21-17)19-10-8-16(14-20(19)24)26-12-6-4-2/h7-10,13-14,24H,3-6,11-12H2,1-2H3. The number of aromatic hydroxyl groups is 1. The number of aromatic nitrogens is 3. The first-order valence-electron chi connectivity index (χ1n) is 9.17. The maximum absolute atomic E-state index is 10.3. The lowest BCUT2D eigenvalue weighted by Crippen LogP contribution is -2.00. The van der Waals surface area contributed by atoms with Crippen molar-refractivity contribution in [2.45, 2.75) is 39.5 Å². The van der Waals surface area contributed by atoms with Crippen LogP contribution >= 0.6 is 0 Å². The zero-order valence-electron chi connectivity index (χ0n) is 15.3. The van der Waals surface area contributed by atoms with Crippen LogP contribution in [0.1, 0.15) is 39.5 Å². The molecule has 3 aromatic rings. The molecule has 0 spiro atoms. The van der Waals surface area contributed by atoms with Gasteiger partial charge in [-0.3, -0.25) is 0 Å². The predicted molar refractivity (Wildman–Crippen MR) is 101 cm³/mol. The SMILES string of the molecule is CCCCOc1ccc(-n2nc3ccc(OCCCC)cc3n2)c(O)c1. The Kier molecular flexibility index (Phi) is 5.94. The van der Waals surface area contributed by atoms with Crippen LogP contribution in [-0.4, -0.2) is 33.3 Å². The van der Waals surface area contributed by atoms with Gasteiger partial charge in [0, 0.05) is 12.1 Å². The molecule has 0 aliphatic heterocycles. The molecule has 0 radical (unpaired) electrons. The first-order valence-corrected chi connectivity index (χ1v) is 9.17. The number of nitrogens with zero attached hydrogens (tertiary/aromatic N) is 3. The maximum atomic E-state index is 10.3. The van der Waals surface area contributed by atoms with Gasteiger partial charge in [0.1, 0.15) is 34.0 Å². The summed E-state index contributed by atoms with van der Waals surface area (Å²) in [4.78, 5) is 1.44. The Morgan fingerprint density at radius 2 is 1.46 bits per heavy atom. The zero-order chi connectivity index (χ0) is 18.4. The van der Waals surface area contributed by atoms with Crippen molar-refractivity contribution in [3.63, 3.8) is 0 Å². The minimum atomic E-state index is 0.0822. The summed E-state index contributed by atoms with van der Waals surface area (Å²) in [5.41, 5.74) is 1.98. The Morgan fingerprint density at radius 1 is 0.846 bits per heavy atom. The highest BCUT2D eigenvalue weighted by Gasteiger charge is 2.11. The lowest BCUT2D eigenvalue weighted by atomic mass is 10.3. The van der Waals surface area contributed by atoms with Crippen LogP contribution in [0.2, 0.25) is 0 Å². The van der Waals surface area contributed by atoms with Crippen molar-refractivity contribution in [1.29, 1.82) is 0 Å². The summed E-state index contributed by atoms with van der Waals surface area (Å²) < 4.78 is 11.3. The lowest BCUT2D eigenvalue weighted by Gasteiger charge is -2.08. The summed E-state index contributed by atoms with van der Waals surface area (Å²) in [5, 5.41) is 19.2. The third kappa shape index (κ3) is 4.25. The van der Waals surface area contributed by atoms with Gasteiger partial charge in [-0.1, -0.05) is 26.7 Å². The van der Waals surface area contributed by atoms with E-state index in [4.69, 9.17) is 9.47 Å². The molecule has 0 saturated heterocycles. The van der Waals surface area contributed by atoms with Crippen molar-refractivity contribution in [2.75, 3.05) is 13.2 Å². The zero-order valence-corrected chi connectivity index (χ0v) is 15.3. The Balaban J connectivity index is 1.79. The van der Waals surface area contributed by atoms with Crippen LogP contribution in [0.5, 0.6) is 17.2 Å². The molecule has 0 unspecified atom stereocenters. The molecule has 26 heavy (non-hydrogen) atoms. The molecule has 0 aliphatic carbocycles. The summed E-state index contributed by atoms with van der Waals surface area (Å²) in [6.45, 7) is 5.57. The molecule has 2 aromatic carbocycles. The van der Waals surface area contributed by atoms with Crippen molar-refractivity contribution in [3.8, 4) is 22.9 Å². The van der Waals surface area contributed by atoms with E-state index in [0.717, 1.165) is 42.5 Å². The topological polar surface area (TPSA) is 69.4 Å². The fourth-order valence-corrected chi connectivity index (χ4v) is 2.52. The molecule has 138 valence electrons. The fraction of sp³-hybridized carbons (Fsp3) is 0.400. The Bertz CT molecular complexity index is 861. The molecule has 0 aliphatic rings. The van der Waals surface area contributed by atoms with Gasteiger partial charge in [-0.25, -0.2) is 0 Å². The van der Waals surface area contributed by atoms with Crippen molar-refractivity contribution in [3.05, 3.63) is 36.4 Å². The van der Waals surface area contributed by atoms with Gasteiger partial charge in [-0.05, 0) is 37.1 Å². The van der Waals surface area contributed by atoms with Crippen molar-refractivity contribution in [2.24, 2.45) is 0 Å². The molecule has 0 saturated carbocycles. The van der Waals surface area contributed by atoms with E-state index in [-0.39, 0.29) is 5.75 Å². The lowest BCUT2D eigenvalue weighted by molar-refractivity contribution is 0.307. The van der Waals surface area contributed by atoms with Gasteiger partial charge in [-0.2, -0.15) is 0 Å². The van der Waals surface area contributed by atoms with Crippen LogP contribution in [0.15, 0.2) is 36.4 Å². The number of ether oxygens (including phenoxy) is 2. The van der Waals surface area contributed by atoms with E-state index in [1.165, 1.54) is 4.80 Å². The van der Waals surface area contributed by atoms with Gasteiger partial charge in [0.2, 0.25) is 0 Å². The van der Waals surface area contributed by atoms with E-state index in [1.54, 1.807) is 12.1 Å². The summed E-state index contributed by atoms with van der Waals surface area (Å²) in [6, 6.07) is 10.8. The number of phenolic OH excluding ortho intramolecular Hbond substituents is 1. The highest BCUT2D eigenvalue weighted by Crippen LogP contribution is 2.27. The average molecular weight is 355 g/mol. The number of hydrogen-bond donors (Lipinski definition) is 1. The molecule has 0 atom stereocenters. The monoisotopic (exact) mass is 355 g/mol. The molecule has 0 amide bonds. The maximum Gasteiger partial charge on any atom is 0.146 e. The molecule has 1 heterocycles. The smallest absolute Gasteiger partial charge is 0.146 e. The third-order valence-electron chi connectivity index (χ3n) is 4.05. The van der Waals surface area contributed by atoms with Crippen LogP contribution in [0.4, 0.5) is 0 Å². The van der Waals surface area contributed by atoms with Crippen LogP contribution in [0.25, 0.3) is 16.7 Å². The summed E-state index contributed by atoms with van der Waals surface area (Å²) in [5.74, 6) is 1.50. The normalized spacial score (nSPS) is 11.0. The predicted octanol–water partition coefficient (Wildman–Crippen LogP) is 4.48. The highest BCUT2D eigenvalue weighted by atomic mass is 16.5. The molecule has 1 N–H and O–H groups in total. The van der Waals surface area contributed by atoms with E-state index in [1.807, 2.05) is 24.3 Å². The van der Waals surface area contributed by atoms with Crippen molar-refractivity contribution >= 4 is 11.0 Å². The van der Waals surface area contributed by atoms with Crippen LogP contribution in [-0.2, 0) is 0 Å². The molecule has 1 aromatic heterocycles. The number of hydrogen-bond acceptors (Lipinski definition) is 5. The second-order valence-corrected chi connectivity index (χ2v) is 6.19. The van der Waals surface area contributed by atoms with Gasteiger partial charge >= 0.3 is 0 Å². The van der Waals surface area contributed by atoms with Crippen LogP contribution in [0, 0.1) is 0 Å². The molecular weight excluding hydrogens is 330 g/mol. The van der Waals surface area contributed by atoms with Gasteiger partial charge in [0.25, 0.3) is 0 Å². The van der Waals surface area contributed by atoms with Crippen LogP contribution < -0.4 is 9.47 Å². The quantitative estimate of drug-likeness (QED) is 0.573. The number of fused-ring (bicyclic) bond motifs is 1.